The summed E-state index contributed by atoms with van der Waals surface area (Å²) in [6, 6.07) is 8.02. The molecule has 0 aliphatic heterocycles. The van der Waals surface area contributed by atoms with E-state index in [2.05, 4.69) is 25.6 Å². The Morgan fingerprint density at radius 2 is 1.92 bits per heavy atom. The zero-order chi connectivity index (χ0) is 18.6. The van der Waals surface area contributed by atoms with Crippen LogP contribution in [0.4, 0.5) is 0 Å². The van der Waals surface area contributed by atoms with Gasteiger partial charge in [0.05, 0.1) is 6.61 Å². The van der Waals surface area contributed by atoms with Gasteiger partial charge < -0.3 is 15.1 Å². The van der Waals surface area contributed by atoms with Crippen molar-refractivity contribution in [3.8, 4) is 0 Å². The van der Waals surface area contributed by atoms with Crippen molar-refractivity contribution in [3.05, 3.63) is 47.5 Å². The summed E-state index contributed by atoms with van der Waals surface area (Å²) < 4.78 is 0. The number of carbonyl (C=O) groups is 1. The number of aliphatic hydroxyl groups excluding tert-OH is 2. The molecule has 3 atom stereocenters. The summed E-state index contributed by atoms with van der Waals surface area (Å²) in [7, 11) is 3.52. The van der Waals surface area contributed by atoms with Crippen LogP contribution in [0.15, 0.2) is 36.4 Å². The van der Waals surface area contributed by atoms with Crippen LogP contribution in [0.5, 0.6) is 0 Å². The van der Waals surface area contributed by atoms with Crippen LogP contribution in [-0.2, 0) is 11.4 Å². The highest BCUT2D eigenvalue weighted by molar-refractivity contribution is 5.76. The third kappa shape index (κ3) is 4.50. The Bertz CT molecular complexity index is 608. The predicted octanol–water partition coefficient (Wildman–Crippen LogP) is 3.10. The Kier molecular flexibility index (Phi) is 6.42. The molecule has 4 nitrogen and oxygen atoms in total. The summed E-state index contributed by atoms with van der Waals surface area (Å²) in [4.78, 5) is 13.9. The first-order valence-corrected chi connectivity index (χ1v) is 8.98. The Balaban J connectivity index is 2.31. The van der Waals surface area contributed by atoms with Gasteiger partial charge in [-0.05, 0) is 49.1 Å². The van der Waals surface area contributed by atoms with Crippen LogP contribution in [0.25, 0.3) is 0 Å². The molecule has 2 rings (SSSR count). The van der Waals surface area contributed by atoms with E-state index in [0.29, 0.717) is 12.3 Å². The third-order valence-corrected chi connectivity index (χ3v) is 5.71. The molecule has 1 aromatic rings. The van der Waals surface area contributed by atoms with Gasteiger partial charge >= 0.3 is 0 Å². The van der Waals surface area contributed by atoms with Crippen molar-refractivity contribution < 1.29 is 15.0 Å². The molecule has 1 aliphatic carbocycles. The number of hydrogen-bond acceptors (Lipinski definition) is 3. The van der Waals surface area contributed by atoms with Crippen LogP contribution in [0, 0.1) is 11.3 Å². The van der Waals surface area contributed by atoms with E-state index in [9.17, 15) is 15.0 Å². The number of hydrogen-bond donors (Lipinski definition) is 2. The summed E-state index contributed by atoms with van der Waals surface area (Å²) in [5.41, 5.74) is 2.87. The molecule has 0 bridgehead atoms. The van der Waals surface area contributed by atoms with Crippen molar-refractivity contribution in [1.29, 1.82) is 0 Å². The number of nitrogens with zero attached hydrogens (tertiary/aromatic N) is 1. The van der Waals surface area contributed by atoms with E-state index >= 15 is 0 Å². The first kappa shape index (κ1) is 19.7. The van der Waals surface area contributed by atoms with E-state index < -0.39 is 0 Å². The van der Waals surface area contributed by atoms with Crippen molar-refractivity contribution in [1.82, 2.24) is 4.90 Å². The summed E-state index contributed by atoms with van der Waals surface area (Å²) in [6.45, 7) is 6.30. The largest absolute Gasteiger partial charge is 0.396 e. The molecule has 1 saturated carbocycles. The molecule has 1 aromatic carbocycles. The minimum Gasteiger partial charge on any atom is -0.396 e. The van der Waals surface area contributed by atoms with Gasteiger partial charge in [-0.3, -0.25) is 4.79 Å². The highest BCUT2D eigenvalue weighted by atomic mass is 16.3. The van der Waals surface area contributed by atoms with Crippen molar-refractivity contribution >= 4 is 5.91 Å². The van der Waals surface area contributed by atoms with Crippen LogP contribution in [-0.4, -0.2) is 41.7 Å². The van der Waals surface area contributed by atoms with Gasteiger partial charge in [0.15, 0.2) is 0 Å². The fourth-order valence-corrected chi connectivity index (χ4v) is 4.02. The molecule has 0 unspecified atom stereocenters. The maximum Gasteiger partial charge on any atom is 0.222 e. The van der Waals surface area contributed by atoms with Crippen LogP contribution >= 0.6 is 0 Å². The van der Waals surface area contributed by atoms with Gasteiger partial charge in [-0.15, -0.1) is 0 Å². The number of carbonyl (C=O) groups excluding carboxylic acids is 1. The van der Waals surface area contributed by atoms with Crippen molar-refractivity contribution in [3.63, 3.8) is 0 Å². The maximum absolute atomic E-state index is 12.3. The van der Waals surface area contributed by atoms with Gasteiger partial charge in [-0.25, -0.2) is 0 Å². The van der Waals surface area contributed by atoms with Crippen LogP contribution < -0.4 is 0 Å². The molecule has 138 valence electrons. The second kappa shape index (κ2) is 8.15. The number of rotatable bonds is 6. The Morgan fingerprint density at radius 3 is 2.40 bits per heavy atom. The van der Waals surface area contributed by atoms with E-state index in [4.69, 9.17) is 0 Å². The van der Waals surface area contributed by atoms with Crippen LogP contribution in [0.3, 0.4) is 0 Å². The molecule has 0 spiro atoms. The molecule has 25 heavy (non-hydrogen) atoms. The number of allylic oxidation sites excluding steroid dienone is 1. The van der Waals surface area contributed by atoms with Gasteiger partial charge in [0, 0.05) is 32.5 Å². The fourth-order valence-electron chi connectivity index (χ4n) is 4.02. The third-order valence-electron chi connectivity index (χ3n) is 5.71. The molecule has 1 aliphatic rings. The van der Waals surface area contributed by atoms with Gasteiger partial charge in [0.25, 0.3) is 0 Å². The highest BCUT2D eigenvalue weighted by Gasteiger charge is 2.42. The fraction of sp³-hybridized carbons (Fsp3) is 0.571. The number of aliphatic hydroxyl groups is 2. The molecule has 1 fully saturated rings. The Morgan fingerprint density at radius 1 is 1.28 bits per heavy atom. The number of benzene rings is 1. The SMILES string of the molecule is C=C(C)[C@@H]1CC[C@@](CO)(CC(=O)N(C)C)C[C@H]1c1ccc(CO)cc1. The van der Waals surface area contributed by atoms with Gasteiger partial charge in [0.2, 0.25) is 5.91 Å². The van der Waals surface area contributed by atoms with E-state index in [0.717, 1.165) is 30.4 Å². The lowest BCUT2D eigenvalue weighted by Gasteiger charge is -2.44. The first-order valence-electron chi connectivity index (χ1n) is 8.98. The minimum absolute atomic E-state index is 0.0285. The predicted molar refractivity (Wildman–Crippen MR) is 100 cm³/mol. The molecular formula is C21H31NO3. The zero-order valence-electron chi connectivity index (χ0n) is 15.7. The lowest BCUT2D eigenvalue weighted by atomic mass is 9.61. The van der Waals surface area contributed by atoms with Crippen molar-refractivity contribution in [2.75, 3.05) is 20.7 Å². The average molecular weight is 345 g/mol. The van der Waals surface area contributed by atoms with Gasteiger partial charge in [0.1, 0.15) is 0 Å². The maximum atomic E-state index is 12.3. The van der Waals surface area contributed by atoms with E-state index in [1.54, 1.807) is 19.0 Å². The lowest BCUT2D eigenvalue weighted by molar-refractivity contribution is -0.133. The molecule has 0 radical (unpaired) electrons. The Hall–Kier alpha value is -1.65. The normalized spacial score (nSPS) is 26.3. The standard InChI is InChI=1S/C21H31NO3/c1-15(2)18-9-10-21(14-24,12-20(25)22(3)4)11-19(18)17-7-5-16(13-23)6-8-17/h5-8,18-19,23-24H,1,9-14H2,2-4H3/t18-,19-,21-/m0/s1. The second-order valence-electron chi connectivity index (χ2n) is 7.82. The molecule has 0 aromatic heterocycles. The van der Waals surface area contributed by atoms with Gasteiger partial charge in [-0.2, -0.15) is 0 Å². The van der Waals surface area contributed by atoms with Crippen LogP contribution in [0.2, 0.25) is 0 Å². The van der Waals surface area contributed by atoms with E-state index in [-0.39, 0.29) is 30.5 Å². The summed E-state index contributed by atoms with van der Waals surface area (Å²) >= 11 is 0. The second-order valence-corrected chi connectivity index (χ2v) is 7.82. The topological polar surface area (TPSA) is 60.8 Å². The first-order chi connectivity index (χ1) is 11.8. The zero-order valence-corrected chi connectivity index (χ0v) is 15.7. The molecule has 2 N–H and O–H groups in total. The minimum atomic E-state index is -0.367. The molecule has 1 amide bonds. The lowest BCUT2D eigenvalue weighted by Crippen LogP contribution is -2.40. The number of amides is 1. The van der Waals surface area contributed by atoms with E-state index in [1.165, 1.54) is 5.56 Å². The molecule has 4 heteroatoms. The van der Waals surface area contributed by atoms with E-state index in [1.807, 2.05) is 12.1 Å². The highest BCUT2D eigenvalue weighted by Crippen LogP contribution is 2.50. The average Bonchev–Trinajstić information content (AvgIpc) is 2.61. The summed E-state index contributed by atoms with van der Waals surface area (Å²) in [6.07, 6.45) is 2.93. The van der Waals surface area contributed by atoms with Crippen LogP contribution in [0.1, 0.15) is 49.7 Å². The summed E-state index contributed by atoms with van der Waals surface area (Å²) in [5, 5.41) is 19.4. The smallest absolute Gasteiger partial charge is 0.222 e. The molecular weight excluding hydrogens is 314 g/mol. The monoisotopic (exact) mass is 345 g/mol. The Labute approximate surface area is 151 Å². The van der Waals surface area contributed by atoms with Crippen molar-refractivity contribution in [2.45, 2.75) is 45.1 Å². The summed E-state index contributed by atoms with van der Waals surface area (Å²) in [5.74, 6) is 0.660. The molecule has 0 heterocycles. The van der Waals surface area contributed by atoms with Gasteiger partial charge in [-0.1, -0.05) is 36.4 Å². The molecule has 0 saturated heterocycles. The van der Waals surface area contributed by atoms with Crippen molar-refractivity contribution in [2.24, 2.45) is 11.3 Å². The quantitative estimate of drug-likeness (QED) is 0.779.